The Morgan fingerprint density at radius 1 is 1.35 bits per heavy atom. The van der Waals surface area contributed by atoms with E-state index in [0.29, 0.717) is 0 Å². The first-order valence-electron chi connectivity index (χ1n) is 6.94. The molecule has 0 aliphatic rings. The lowest BCUT2D eigenvalue weighted by Crippen LogP contribution is -2.31. The van der Waals surface area contributed by atoms with Crippen molar-refractivity contribution in [3.8, 4) is 0 Å². The van der Waals surface area contributed by atoms with Crippen LogP contribution < -0.4 is 4.90 Å². The molecule has 4 heteroatoms. The predicted molar refractivity (Wildman–Crippen MR) is 84.5 cm³/mol. The Morgan fingerprint density at radius 3 is 2.60 bits per heavy atom. The fourth-order valence-electron chi connectivity index (χ4n) is 2.13. The van der Waals surface area contributed by atoms with Gasteiger partial charge >= 0.3 is 0 Å². The maximum atomic E-state index is 12.7. The summed E-state index contributed by atoms with van der Waals surface area (Å²) in [6.45, 7) is 6.04. The van der Waals surface area contributed by atoms with E-state index in [1.165, 1.54) is 11.3 Å². The average Bonchev–Trinajstić information content (AvgIpc) is 2.87. The molecule has 1 aromatic heterocycles. The Kier molecular flexibility index (Phi) is 4.90. The standard InChI is InChI=1S/C16H20N2OS/c1-4-8-12(2)15(19)18(14-9-6-5-7-10-14)16-17-13(3)11-20-16/h5-7,9-12H,4,8H2,1-3H3. The number of rotatable bonds is 5. The number of hydrogen-bond acceptors (Lipinski definition) is 3. The van der Waals surface area contributed by atoms with Gasteiger partial charge in [0.2, 0.25) is 5.91 Å². The molecule has 0 bridgehead atoms. The second-order valence-electron chi connectivity index (χ2n) is 4.97. The molecule has 0 radical (unpaired) electrons. The summed E-state index contributed by atoms with van der Waals surface area (Å²) in [6.07, 6.45) is 1.90. The van der Waals surface area contributed by atoms with Gasteiger partial charge in [-0.3, -0.25) is 9.69 Å². The molecule has 1 unspecified atom stereocenters. The van der Waals surface area contributed by atoms with Gasteiger partial charge in [-0.25, -0.2) is 4.98 Å². The lowest BCUT2D eigenvalue weighted by atomic mass is 10.0. The maximum Gasteiger partial charge on any atom is 0.236 e. The highest BCUT2D eigenvalue weighted by Gasteiger charge is 2.24. The number of anilines is 2. The molecule has 1 amide bonds. The van der Waals surface area contributed by atoms with Crippen molar-refractivity contribution in [2.24, 2.45) is 5.92 Å². The molecule has 0 saturated heterocycles. The number of carbonyl (C=O) groups is 1. The van der Waals surface area contributed by atoms with Crippen LogP contribution in [0.15, 0.2) is 35.7 Å². The van der Waals surface area contributed by atoms with Crippen LogP contribution in [0.5, 0.6) is 0 Å². The fourth-order valence-corrected chi connectivity index (χ4v) is 2.96. The van der Waals surface area contributed by atoms with E-state index in [9.17, 15) is 4.79 Å². The third kappa shape index (κ3) is 3.25. The Bertz CT molecular complexity index is 565. The lowest BCUT2D eigenvalue weighted by Gasteiger charge is -2.23. The smallest absolute Gasteiger partial charge is 0.236 e. The largest absolute Gasteiger partial charge is 0.274 e. The monoisotopic (exact) mass is 288 g/mol. The van der Waals surface area contributed by atoms with Crippen molar-refractivity contribution >= 4 is 28.1 Å². The van der Waals surface area contributed by atoms with Crippen molar-refractivity contribution in [1.29, 1.82) is 0 Å². The Labute approximate surface area is 124 Å². The number of carbonyl (C=O) groups excluding carboxylic acids is 1. The third-order valence-electron chi connectivity index (χ3n) is 3.18. The molecule has 2 rings (SSSR count). The zero-order chi connectivity index (χ0) is 14.5. The van der Waals surface area contributed by atoms with Crippen LogP contribution in [-0.2, 0) is 4.79 Å². The summed E-state index contributed by atoms with van der Waals surface area (Å²) in [6, 6.07) is 9.75. The minimum Gasteiger partial charge on any atom is -0.274 e. The number of benzene rings is 1. The first kappa shape index (κ1) is 14.7. The molecule has 2 aromatic rings. The van der Waals surface area contributed by atoms with Crippen molar-refractivity contribution in [2.45, 2.75) is 33.6 Å². The van der Waals surface area contributed by atoms with E-state index in [2.05, 4.69) is 11.9 Å². The van der Waals surface area contributed by atoms with Gasteiger partial charge in [0.1, 0.15) is 0 Å². The highest BCUT2D eigenvalue weighted by molar-refractivity contribution is 7.14. The minimum atomic E-state index is 0.00409. The summed E-state index contributed by atoms with van der Waals surface area (Å²) in [5, 5.41) is 2.73. The molecule has 0 fully saturated rings. The fraction of sp³-hybridized carbons (Fsp3) is 0.375. The van der Waals surface area contributed by atoms with Crippen LogP contribution in [-0.4, -0.2) is 10.9 Å². The summed E-state index contributed by atoms with van der Waals surface area (Å²) in [5.41, 5.74) is 1.83. The maximum absolute atomic E-state index is 12.7. The zero-order valence-corrected chi connectivity index (χ0v) is 13.0. The van der Waals surface area contributed by atoms with E-state index in [1.54, 1.807) is 4.90 Å². The van der Waals surface area contributed by atoms with E-state index in [4.69, 9.17) is 0 Å². The predicted octanol–water partition coefficient (Wildman–Crippen LogP) is 4.55. The van der Waals surface area contributed by atoms with Gasteiger partial charge in [0, 0.05) is 11.3 Å². The lowest BCUT2D eigenvalue weighted by molar-refractivity contribution is -0.121. The van der Waals surface area contributed by atoms with Crippen LogP contribution in [0.25, 0.3) is 0 Å². The van der Waals surface area contributed by atoms with Crippen molar-refractivity contribution in [3.05, 3.63) is 41.4 Å². The van der Waals surface area contributed by atoms with Gasteiger partial charge in [0.25, 0.3) is 0 Å². The summed E-state index contributed by atoms with van der Waals surface area (Å²) in [7, 11) is 0. The quantitative estimate of drug-likeness (QED) is 0.808. The number of para-hydroxylation sites is 1. The number of thiazole rings is 1. The SMILES string of the molecule is CCCC(C)C(=O)N(c1ccccc1)c1nc(C)cs1. The number of amides is 1. The van der Waals surface area contributed by atoms with Gasteiger partial charge in [-0.1, -0.05) is 38.5 Å². The molecule has 0 aliphatic carbocycles. The van der Waals surface area contributed by atoms with Crippen LogP contribution in [0.4, 0.5) is 10.8 Å². The van der Waals surface area contributed by atoms with Gasteiger partial charge in [-0.15, -0.1) is 11.3 Å². The van der Waals surface area contributed by atoms with Crippen molar-refractivity contribution in [2.75, 3.05) is 4.90 Å². The molecule has 0 spiro atoms. The Morgan fingerprint density at radius 2 is 2.05 bits per heavy atom. The van der Waals surface area contributed by atoms with Crippen LogP contribution in [0.1, 0.15) is 32.4 Å². The van der Waals surface area contributed by atoms with E-state index in [1.807, 2.05) is 49.6 Å². The van der Waals surface area contributed by atoms with Gasteiger partial charge < -0.3 is 0 Å². The normalized spacial score (nSPS) is 12.2. The third-order valence-corrected chi connectivity index (χ3v) is 4.12. The van der Waals surface area contributed by atoms with Crippen LogP contribution in [0, 0.1) is 12.8 Å². The van der Waals surface area contributed by atoms with E-state index in [-0.39, 0.29) is 11.8 Å². The number of hydrogen-bond donors (Lipinski definition) is 0. The van der Waals surface area contributed by atoms with Crippen LogP contribution in [0.3, 0.4) is 0 Å². The van der Waals surface area contributed by atoms with E-state index < -0.39 is 0 Å². The van der Waals surface area contributed by atoms with Gasteiger partial charge in [0.15, 0.2) is 5.13 Å². The van der Waals surface area contributed by atoms with Crippen molar-refractivity contribution < 1.29 is 4.79 Å². The number of nitrogens with zero attached hydrogens (tertiary/aromatic N) is 2. The average molecular weight is 288 g/mol. The molecule has 1 atom stereocenters. The molecule has 1 aromatic carbocycles. The first-order valence-corrected chi connectivity index (χ1v) is 7.82. The highest BCUT2D eigenvalue weighted by atomic mass is 32.1. The van der Waals surface area contributed by atoms with Gasteiger partial charge in [-0.05, 0) is 25.5 Å². The summed E-state index contributed by atoms with van der Waals surface area (Å²) >= 11 is 1.51. The Hall–Kier alpha value is -1.68. The molecule has 20 heavy (non-hydrogen) atoms. The van der Waals surface area contributed by atoms with Crippen molar-refractivity contribution in [1.82, 2.24) is 4.98 Å². The molecule has 0 N–H and O–H groups in total. The number of aryl methyl sites for hydroxylation is 1. The first-order chi connectivity index (χ1) is 9.63. The van der Waals surface area contributed by atoms with Gasteiger partial charge in [-0.2, -0.15) is 0 Å². The molecular weight excluding hydrogens is 268 g/mol. The number of aromatic nitrogens is 1. The highest BCUT2D eigenvalue weighted by Crippen LogP contribution is 2.30. The van der Waals surface area contributed by atoms with Crippen molar-refractivity contribution in [3.63, 3.8) is 0 Å². The molecule has 3 nitrogen and oxygen atoms in total. The van der Waals surface area contributed by atoms with Gasteiger partial charge in [0.05, 0.1) is 11.4 Å². The molecular formula is C16H20N2OS. The molecule has 1 heterocycles. The topological polar surface area (TPSA) is 33.2 Å². The van der Waals surface area contributed by atoms with E-state index in [0.717, 1.165) is 29.4 Å². The summed E-state index contributed by atoms with van der Waals surface area (Å²) < 4.78 is 0. The Balaban J connectivity index is 2.37. The second kappa shape index (κ2) is 6.66. The summed E-state index contributed by atoms with van der Waals surface area (Å²) in [5.74, 6) is 0.122. The van der Waals surface area contributed by atoms with Crippen LogP contribution >= 0.6 is 11.3 Å². The summed E-state index contributed by atoms with van der Waals surface area (Å²) in [4.78, 5) is 19.0. The molecule has 106 valence electrons. The second-order valence-corrected chi connectivity index (χ2v) is 5.81. The van der Waals surface area contributed by atoms with E-state index >= 15 is 0 Å². The van der Waals surface area contributed by atoms with Crippen LogP contribution in [0.2, 0.25) is 0 Å². The molecule has 0 aliphatic heterocycles. The minimum absolute atomic E-state index is 0.00409. The molecule has 0 saturated carbocycles. The zero-order valence-electron chi connectivity index (χ0n) is 12.2.